The zero-order valence-electron chi connectivity index (χ0n) is 8.91. The molecule has 0 amide bonds. The van der Waals surface area contributed by atoms with Crippen molar-refractivity contribution < 1.29 is 0 Å². The van der Waals surface area contributed by atoms with E-state index in [0.717, 1.165) is 9.90 Å². The van der Waals surface area contributed by atoms with Crippen LogP contribution in [-0.2, 0) is 0 Å². The Morgan fingerprint density at radius 3 is 2.69 bits per heavy atom. The third-order valence-electron chi connectivity index (χ3n) is 2.32. The highest BCUT2D eigenvalue weighted by molar-refractivity contribution is 8.01. The van der Waals surface area contributed by atoms with Crippen molar-refractivity contribution in [2.24, 2.45) is 5.73 Å². The van der Waals surface area contributed by atoms with Crippen molar-refractivity contribution >= 4 is 23.1 Å². The topological polar surface area (TPSA) is 51.8 Å². The van der Waals surface area contributed by atoms with Crippen LogP contribution < -0.4 is 5.73 Å². The summed E-state index contributed by atoms with van der Waals surface area (Å²) in [5, 5.41) is 8.11. The fourth-order valence-corrected chi connectivity index (χ4v) is 3.19. The molecule has 16 heavy (non-hydrogen) atoms. The largest absolute Gasteiger partial charge is 0.323 e. The van der Waals surface area contributed by atoms with Crippen molar-refractivity contribution in [2.45, 2.75) is 22.6 Å². The summed E-state index contributed by atoms with van der Waals surface area (Å²) in [7, 11) is 0. The molecule has 2 unspecified atom stereocenters. The van der Waals surface area contributed by atoms with Gasteiger partial charge in [-0.05, 0) is 5.56 Å². The van der Waals surface area contributed by atoms with E-state index in [1.54, 1.807) is 28.6 Å². The summed E-state index contributed by atoms with van der Waals surface area (Å²) in [6.07, 6.45) is 0. The zero-order chi connectivity index (χ0) is 11.4. The van der Waals surface area contributed by atoms with Gasteiger partial charge in [-0.25, -0.2) is 0 Å². The fourth-order valence-electron chi connectivity index (χ4n) is 1.39. The van der Waals surface area contributed by atoms with Crippen molar-refractivity contribution in [2.75, 3.05) is 0 Å². The molecule has 2 aromatic rings. The van der Waals surface area contributed by atoms with Gasteiger partial charge in [-0.3, -0.25) is 0 Å². The second-order valence-electron chi connectivity index (χ2n) is 3.46. The van der Waals surface area contributed by atoms with E-state index in [0.29, 0.717) is 0 Å². The van der Waals surface area contributed by atoms with Crippen LogP contribution in [0.15, 0.2) is 40.2 Å². The monoisotopic (exact) mass is 251 g/mol. The van der Waals surface area contributed by atoms with E-state index >= 15 is 0 Å². The van der Waals surface area contributed by atoms with Crippen LogP contribution in [0.1, 0.15) is 18.5 Å². The molecule has 0 spiro atoms. The Balaban J connectivity index is 2.02. The first-order chi connectivity index (χ1) is 7.77. The number of nitrogens with zero attached hydrogens (tertiary/aromatic N) is 2. The maximum Gasteiger partial charge on any atom is 0.174 e. The van der Waals surface area contributed by atoms with Crippen LogP contribution >= 0.6 is 23.1 Å². The van der Waals surface area contributed by atoms with E-state index in [9.17, 15) is 0 Å². The minimum Gasteiger partial charge on any atom is -0.323 e. The normalized spacial score (nSPS) is 14.6. The molecule has 2 N–H and O–H groups in total. The average Bonchev–Trinajstić information content (AvgIpc) is 2.82. The summed E-state index contributed by atoms with van der Waals surface area (Å²) >= 11 is 3.22. The minimum absolute atomic E-state index is 0.0232. The van der Waals surface area contributed by atoms with E-state index < -0.39 is 0 Å². The molecule has 3 nitrogen and oxygen atoms in total. The van der Waals surface area contributed by atoms with Crippen molar-refractivity contribution in [1.82, 2.24) is 10.2 Å². The molecule has 0 aliphatic rings. The molecule has 1 heterocycles. The van der Waals surface area contributed by atoms with E-state index in [1.165, 1.54) is 0 Å². The van der Waals surface area contributed by atoms with Gasteiger partial charge in [-0.1, -0.05) is 60.4 Å². The highest BCUT2D eigenvalue weighted by Crippen LogP contribution is 2.30. The quantitative estimate of drug-likeness (QED) is 0.849. The molecule has 0 aliphatic carbocycles. The van der Waals surface area contributed by atoms with Gasteiger partial charge in [0.15, 0.2) is 4.34 Å². The van der Waals surface area contributed by atoms with Crippen LogP contribution in [-0.4, -0.2) is 15.4 Å². The number of aromatic nitrogens is 2. The Hall–Kier alpha value is -0.910. The Bertz CT molecular complexity index is 416. The first-order valence-electron chi connectivity index (χ1n) is 5.00. The van der Waals surface area contributed by atoms with Crippen LogP contribution in [0.3, 0.4) is 0 Å². The molecule has 0 aliphatic heterocycles. The van der Waals surface area contributed by atoms with Gasteiger partial charge < -0.3 is 5.73 Å². The van der Waals surface area contributed by atoms with Crippen LogP contribution in [0, 0.1) is 0 Å². The van der Waals surface area contributed by atoms with Gasteiger partial charge >= 0.3 is 0 Å². The first-order valence-corrected chi connectivity index (χ1v) is 6.76. The third kappa shape index (κ3) is 2.81. The molecular formula is C11H13N3S2. The lowest BCUT2D eigenvalue weighted by atomic mass is 10.1. The molecule has 0 saturated heterocycles. The Morgan fingerprint density at radius 1 is 1.31 bits per heavy atom. The molecule has 0 fully saturated rings. The standard InChI is InChI=1S/C11H13N3S2/c1-8(16-11-14-13-7-15-11)10(12)9-5-3-2-4-6-9/h2-8,10H,12H2,1H3. The summed E-state index contributed by atoms with van der Waals surface area (Å²) in [6.45, 7) is 2.11. The summed E-state index contributed by atoms with van der Waals surface area (Å²) in [4.78, 5) is 0. The molecule has 0 radical (unpaired) electrons. The first kappa shape index (κ1) is 11.6. The van der Waals surface area contributed by atoms with Crippen molar-refractivity contribution in [3.8, 4) is 0 Å². The maximum atomic E-state index is 6.19. The third-order valence-corrected chi connectivity index (χ3v) is 4.33. The van der Waals surface area contributed by atoms with E-state index in [-0.39, 0.29) is 11.3 Å². The van der Waals surface area contributed by atoms with E-state index in [4.69, 9.17) is 5.73 Å². The molecular weight excluding hydrogens is 238 g/mol. The van der Waals surface area contributed by atoms with Gasteiger partial charge in [-0.2, -0.15) is 0 Å². The lowest BCUT2D eigenvalue weighted by molar-refractivity contribution is 0.714. The summed E-state index contributed by atoms with van der Waals surface area (Å²) in [5.41, 5.74) is 9.09. The molecule has 0 bridgehead atoms. The number of hydrogen-bond donors (Lipinski definition) is 1. The fraction of sp³-hybridized carbons (Fsp3) is 0.273. The molecule has 2 atom stereocenters. The van der Waals surface area contributed by atoms with Crippen LogP contribution in [0.4, 0.5) is 0 Å². The Labute approximate surface area is 103 Å². The summed E-state index contributed by atoms with van der Waals surface area (Å²) in [6, 6.07) is 10.2. The van der Waals surface area contributed by atoms with Gasteiger partial charge in [0.2, 0.25) is 0 Å². The predicted molar refractivity (Wildman–Crippen MR) is 68.6 cm³/mol. The second-order valence-corrected chi connectivity index (χ2v) is 5.92. The number of hydrogen-bond acceptors (Lipinski definition) is 5. The number of rotatable bonds is 4. The average molecular weight is 251 g/mol. The van der Waals surface area contributed by atoms with Gasteiger partial charge in [0.1, 0.15) is 5.51 Å². The minimum atomic E-state index is 0.0232. The number of nitrogens with two attached hydrogens (primary N) is 1. The lowest BCUT2D eigenvalue weighted by Crippen LogP contribution is -2.20. The molecule has 2 rings (SSSR count). The highest BCUT2D eigenvalue weighted by atomic mass is 32.2. The van der Waals surface area contributed by atoms with Gasteiger partial charge in [-0.15, -0.1) is 10.2 Å². The van der Waals surface area contributed by atoms with Gasteiger partial charge in [0, 0.05) is 11.3 Å². The Morgan fingerprint density at radius 2 is 2.06 bits per heavy atom. The molecule has 1 aromatic carbocycles. The Kier molecular flexibility index (Phi) is 3.93. The van der Waals surface area contributed by atoms with Crippen molar-refractivity contribution in [3.63, 3.8) is 0 Å². The predicted octanol–water partition coefficient (Wildman–Crippen LogP) is 2.72. The van der Waals surface area contributed by atoms with Gasteiger partial charge in [0.05, 0.1) is 0 Å². The second kappa shape index (κ2) is 5.43. The number of benzene rings is 1. The number of thioether (sulfide) groups is 1. The smallest absolute Gasteiger partial charge is 0.174 e. The van der Waals surface area contributed by atoms with Crippen LogP contribution in [0.5, 0.6) is 0 Å². The summed E-state index contributed by atoms with van der Waals surface area (Å²) < 4.78 is 0.971. The highest BCUT2D eigenvalue weighted by Gasteiger charge is 2.16. The summed E-state index contributed by atoms with van der Waals surface area (Å²) in [5.74, 6) is 0. The lowest BCUT2D eigenvalue weighted by Gasteiger charge is -2.18. The van der Waals surface area contributed by atoms with Crippen molar-refractivity contribution in [1.29, 1.82) is 0 Å². The molecule has 84 valence electrons. The van der Waals surface area contributed by atoms with Crippen LogP contribution in [0.2, 0.25) is 0 Å². The van der Waals surface area contributed by atoms with E-state index in [1.807, 2.05) is 18.2 Å². The molecule has 5 heteroatoms. The SMILES string of the molecule is CC(Sc1nncs1)C(N)c1ccccc1. The molecule has 1 aromatic heterocycles. The van der Waals surface area contributed by atoms with Crippen LogP contribution in [0.25, 0.3) is 0 Å². The maximum absolute atomic E-state index is 6.19. The van der Waals surface area contributed by atoms with E-state index in [2.05, 4.69) is 29.3 Å². The zero-order valence-corrected chi connectivity index (χ0v) is 10.5. The van der Waals surface area contributed by atoms with Gasteiger partial charge in [0.25, 0.3) is 0 Å². The van der Waals surface area contributed by atoms with Crippen molar-refractivity contribution in [3.05, 3.63) is 41.4 Å². The molecule has 0 saturated carbocycles.